The minimum atomic E-state index is -0.549. The first-order valence-corrected chi connectivity index (χ1v) is 7.24. The zero-order valence-corrected chi connectivity index (χ0v) is 13.6. The van der Waals surface area contributed by atoms with Crippen LogP contribution < -0.4 is 10.1 Å². The van der Waals surface area contributed by atoms with E-state index < -0.39 is 4.92 Å². The number of halogens is 1. The fourth-order valence-corrected chi connectivity index (χ4v) is 1.96. The lowest BCUT2D eigenvalue weighted by atomic mass is 10.3. The monoisotopic (exact) mass is 400 g/mol. The quantitative estimate of drug-likeness (QED) is 0.469. The lowest BCUT2D eigenvalue weighted by molar-refractivity contribution is -0.385. The predicted molar refractivity (Wildman–Crippen MR) is 86.9 cm³/mol. The number of hydrogen-bond acceptors (Lipinski definition) is 6. The van der Waals surface area contributed by atoms with Gasteiger partial charge < -0.3 is 10.1 Å². The topological polar surface area (TPSA) is 90.2 Å². The van der Waals surface area contributed by atoms with Crippen LogP contribution in [-0.4, -0.2) is 21.0 Å². The Morgan fingerprint density at radius 2 is 1.95 bits per heavy atom. The summed E-state index contributed by atoms with van der Waals surface area (Å²) in [6.07, 6.45) is 1.02. The van der Waals surface area contributed by atoms with Crippen LogP contribution in [0.15, 0.2) is 30.6 Å². The van der Waals surface area contributed by atoms with Gasteiger partial charge >= 0.3 is 5.69 Å². The molecule has 0 aliphatic rings. The smallest absolute Gasteiger partial charge is 0.373 e. The summed E-state index contributed by atoms with van der Waals surface area (Å²) >= 11 is 2.18. The standard InChI is InChI=1S/C13H13IN4O3/c1-8(2)21-13-11(18(19)20)12(15-7-16-13)17-10-5-3-9(14)4-6-10/h3-8H,1-2H3,(H,15,16,17). The van der Waals surface area contributed by atoms with Crippen molar-refractivity contribution in [2.45, 2.75) is 20.0 Å². The van der Waals surface area contributed by atoms with Gasteiger partial charge in [-0.25, -0.2) is 4.98 Å². The summed E-state index contributed by atoms with van der Waals surface area (Å²) < 4.78 is 6.44. The summed E-state index contributed by atoms with van der Waals surface area (Å²) in [5, 5.41) is 14.2. The van der Waals surface area contributed by atoms with Crippen molar-refractivity contribution in [1.82, 2.24) is 9.97 Å². The molecule has 0 bridgehead atoms. The molecule has 7 nitrogen and oxygen atoms in total. The Morgan fingerprint density at radius 1 is 1.29 bits per heavy atom. The summed E-state index contributed by atoms with van der Waals surface area (Å²) in [6, 6.07) is 7.41. The molecular formula is C13H13IN4O3. The van der Waals surface area contributed by atoms with Crippen molar-refractivity contribution in [2.75, 3.05) is 5.32 Å². The normalized spacial score (nSPS) is 10.5. The number of nitrogens with zero attached hydrogens (tertiary/aromatic N) is 3. The largest absolute Gasteiger partial charge is 0.470 e. The third-order valence-corrected chi connectivity index (χ3v) is 3.14. The van der Waals surface area contributed by atoms with E-state index in [2.05, 4.69) is 37.9 Å². The van der Waals surface area contributed by atoms with Crippen LogP contribution in [0, 0.1) is 13.7 Å². The highest BCUT2D eigenvalue weighted by Gasteiger charge is 2.25. The number of nitrogens with one attached hydrogen (secondary N) is 1. The van der Waals surface area contributed by atoms with Crippen molar-refractivity contribution in [3.8, 4) is 5.88 Å². The van der Waals surface area contributed by atoms with E-state index in [0.29, 0.717) is 5.69 Å². The highest BCUT2D eigenvalue weighted by molar-refractivity contribution is 14.1. The molecule has 0 aliphatic heterocycles. The van der Waals surface area contributed by atoms with E-state index in [-0.39, 0.29) is 23.5 Å². The van der Waals surface area contributed by atoms with Gasteiger partial charge in [0, 0.05) is 9.26 Å². The molecule has 0 saturated heterocycles. The lowest BCUT2D eigenvalue weighted by Crippen LogP contribution is -2.10. The third-order valence-electron chi connectivity index (χ3n) is 2.43. The van der Waals surface area contributed by atoms with Gasteiger partial charge in [-0.15, -0.1) is 0 Å². The zero-order chi connectivity index (χ0) is 15.4. The number of rotatable bonds is 5. The molecule has 0 amide bonds. The van der Waals surface area contributed by atoms with Crippen LogP contribution in [0.4, 0.5) is 17.2 Å². The molecule has 2 aromatic rings. The summed E-state index contributed by atoms with van der Waals surface area (Å²) in [5.41, 5.74) is 0.428. The highest BCUT2D eigenvalue weighted by atomic mass is 127. The van der Waals surface area contributed by atoms with Crippen LogP contribution >= 0.6 is 22.6 Å². The summed E-state index contributed by atoms with van der Waals surface area (Å²) in [7, 11) is 0. The van der Waals surface area contributed by atoms with E-state index in [1.807, 2.05) is 24.3 Å². The van der Waals surface area contributed by atoms with Gasteiger partial charge in [-0.1, -0.05) is 0 Å². The molecule has 0 unspecified atom stereocenters. The molecule has 110 valence electrons. The van der Waals surface area contributed by atoms with Gasteiger partial charge in [-0.05, 0) is 60.7 Å². The van der Waals surface area contributed by atoms with Gasteiger partial charge in [0.15, 0.2) is 0 Å². The van der Waals surface area contributed by atoms with E-state index in [1.165, 1.54) is 6.33 Å². The molecule has 8 heteroatoms. The molecule has 0 aliphatic carbocycles. The SMILES string of the molecule is CC(C)Oc1ncnc(Nc2ccc(I)cc2)c1[N+](=O)[O-]. The number of nitro groups is 1. The van der Waals surface area contributed by atoms with E-state index in [0.717, 1.165) is 3.57 Å². The summed E-state index contributed by atoms with van der Waals surface area (Å²) in [5.74, 6) is 0.0601. The Kier molecular flexibility index (Phi) is 4.89. The van der Waals surface area contributed by atoms with Gasteiger partial charge in [0.05, 0.1) is 11.0 Å². The summed E-state index contributed by atoms with van der Waals surface area (Å²) in [4.78, 5) is 18.5. The minimum Gasteiger partial charge on any atom is -0.470 e. The second-order valence-corrected chi connectivity index (χ2v) is 5.68. The van der Waals surface area contributed by atoms with Crippen molar-refractivity contribution in [3.63, 3.8) is 0 Å². The number of benzene rings is 1. The summed E-state index contributed by atoms with van der Waals surface area (Å²) in [6.45, 7) is 3.55. The van der Waals surface area contributed by atoms with Crippen molar-refractivity contribution in [1.29, 1.82) is 0 Å². The van der Waals surface area contributed by atoms with Crippen molar-refractivity contribution >= 4 is 39.8 Å². The van der Waals surface area contributed by atoms with E-state index in [1.54, 1.807) is 13.8 Å². The average molecular weight is 400 g/mol. The second kappa shape index (κ2) is 6.66. The van der Waals surface area contributed by atoms with Crippen LogP contribution in [0.2, 0.25) is 0 Å². The zero-order valence-electron chi connectivity index (χ0n) is 11.4. The number of ether oxygens (including phenoxy) is 1. The van der Waals surface area contributed by atoms with Crippen molar-refractivity contribution < 1.29 is 9.66 Å². The lowest BCUT2D eigenvalue weighted by Gasteiger charge is -2.11. The molecule has 0 fully saturated rings. The highest BCUT2D eigenvalue weighted by Crippen LogP contribution is 2.33. The maximum atomic E-state index is 11.3. The first kappa shape index (κ1) is 15.4. The fraction of sp³-hybridized carbons (Fsp3) is 0.231. The molecular weight excluding hydrogens is 387 g/mol. The van der Waals surface area contributed by atoms with Gasteiger partial charge in [0.1, 0.15) is 6.33 Å². The second-order valence-electron chi connectivity index (χ2n) is 4.43. The molecule has 2 rings (SSSR count). The van der Waals surface area contributed by atoms with Crippen LogP contribution in [0.1, 0.15) is 13.8 Å². The predicted octanol–water partition coefficient (Wildman–Crippen LogP) is 3.52. The molecule has 1 aromatic carbocycles. The molecule has 1 heterocycles. The molecule has 0 atom stereocenters. The maximum absolute atomic E-state index is 11.3. The minimum absolute atomic E-state index is 0.0435. The Labute approximate surface area is 135 Å². The van der Waals surface area contributed by atoms with E-state index in [9.17, 15) is 10.1 Å². The molecule has 0 saturated carbocycles. The van der Waals surface area contributed by atoms with Gasteiger partial charge in [0.2, 0.25) is 5.82 Å². The molecule has 0 radical (unpaired) electrons. The Hall–Kier alpha value is -1.97. The fourth-order valence-electron chi connectivity index (χ4n) is 1.60. The van der Waals surface area contributed by atoms with Crippen molar-refractivity contribution in [2.24, 2.45) is 0 Å². The van der Waals surface area contributed by atoms with Crippen LogP contribution in [0.25, 0.3) is 0 Å². The van der Waals surface area contributed by atoms with Crippen LogP contribution in [0.3, 0.4) is 0 Å². The Bertz CT molecular complexity index is 646. The molecule has 0 spiro atoms. The number of anilines is 2. The van der Waals surface area contributed by atoms with E-state index >= 15 is 0 Å². The van der Waals surface area contributed by atoms with Crippen molar-refractivity contribution in [3.05, 3.63) is 44.3 Å². The van der Waals surface area contributed by atoms with Crippen LogP contribution in [-0.2, 0) is 0 Å². The average Bonchev–Trinajstić information content (AvgIpc) is 2.40. The number of aromatic nitrogens is 2. The molecule has 1 aromatic heterocycles. The van der Waals surface area contributed by atoms with E-state index in [4.69, 9.17) is 4.74 Å². The van der Waals surface area contributed by atoms with Gasteiger partial charge in [0.25, 0.3) is 5.88 Å². The Morgan fingerprint density at radius 3 is 2.52 bits per heavy atom. The third kappa shape index (κ3) is 4.00. The molecule has 1 N–H and O–H groups in total. The van der Waals surface area contributed by atoms with Gasteiger partial charge in [-0.2, -0.15) is 4.98 Å². The molecule has 21 heavy (non-hydrogen) atoms. The first-order chi connectivity index (χ1) is 9.97. The van der Waals surface area contributed by atoms with Gasteiger partial charge in [-0.3, -0.25) is 10.1 Å². The van der Waals surface area contributed by atoms with Crippen LogP contribution in [0.5, 0.6) is 5.88 Å². The first-order valence-electron chi connectivity index (χ1n) is 6.16. The number of hydrogen-bond donors (Lipinski definition) is 1. The Balaban J connectivity index is 2.38. The maximum Gasteiger partial charge on any atom is 0.373 e.